The SMILES string of the molecule is N[C@@H]1C[C@H](N)CN(c2nc(NCc3ccc(OC(F)(F)F)cc3)nc(N3C[C@H](N)C[C@H](N)C3)n2)C1. The fraction of sp³-hybridized carbons (Fsp3) is 0.571. The molecule has 11 nitrogen and oxygen atoms in total. The van der Waals surface area contributed by atoms with Gasteiger partial charge in [0.15, 0.2) is 0 Å². The molecule has 2 aromatic rings. The Bertz CT molecular complexity index is 928. The van der Waals surface area contributed by atoms with Gasteiger partial charge in [-0.05, 0) is 30.5 Å². The van der Waals surface area contributed by atoms with Gasteiger partial charge in [0.25, 0.3) is 0 Å². The van der Waals surface area contributed by atoms with Gasteiger partial charge in [-0.15, -0.1) is 13.2 Å². The second-order valence-electron chi connectivity index (χ2n) is 9.13. The molecule has 4 atom stereocenters. The molecule has 2 aliphatic heterocycles. The lowest BCUT2D eigenvalue weighted by Crippen LogP contribution is -2.54. The summed E-state index contributed by atoms with van der Waals surface area (Å²) in [6.07, 6.45) is -3.32. The van der Waals surface area contributed by atoms with Crippen molar-refractivity contribution in [3.8, 4) is 5.75 Å². The zero-order valence-corrected chi connectivity index (χ0v) is 19.2. The van der Waals surface area contributed by atoms with Gasteiger partial charge in [0.05, 0.1) is 0 Å². The number of hydrogen-bond donors (Lipinski definition) is 5. The zero-order chi connectivity index (χ0) is 25.2. The molecule has 1 aromatic heterocycles. The molecule has 192 valence electrons. The van der Waals surface area contributed by atoms with E-state index in [0.29, 0.717) is 62.4 Å². The van der Waals surface area contributed by atoms with Crippen molar-refractivity contribution in [2.75, 3.05) is 41.3 Å². The maximum atomic E-state index is 12.4. The number of rotatable bonds is 6. The van der Waals surface area contributed by atoms with E-state index < -0.39 is 6.36 Å². The van der Waals surface area contributed by atoms with Gasteiger partial charge in [-0.1, -0.05) is 12.1 Å². The topological polar surface area (TPSA) is 170 Å². The van der Waals surface area contributed by atoms with Gasteiger partial charge in [-0.2, -0.15) is 15.0 Å². The number of alkyl halides is 3. The van der Waals surface area contributed by atoms with Crippen molar-refractivity contribution < 1.29 is 17.9 Å². The van der Waals surface area contributed by atoms with Crippen molar-refractivity contribution in [3.05, 3.63) is 29.8 Å². The van der Waals surface area contributed by atoms with Crippen molar-refractivity contribution in [3.63, 3.8) is 0 Å². The predicted molar refractivity (Wildman–Crippen MR) is 126 cm³/mol. The molecule has 3 heterocycles. The summed E-state index contributed by atoms with van der Waals surface area (Å²) in [5.41, 5.74) is 25.4. The zero-order valence-electron chi connectivity index (χ0n) is 19.2. The van der Waals surface area contributed by atoms with Crippen LogP contribution in [0.2, 0.25) is 0 Å². The first-order valence-electron chi connectivity index (χ1n) is 11.4. The maximum Gasteiger partial charge on any atom is 0.573 e. The van der Waals surface area contributed by atoms with Gasteiger partial charge in [-0.3, -0.25) is 0 Å². The number of nitrogens with zero attached hydrogens (tertiary/aromatic N) is 5. The summed E-state index contributed by atoms with van der Waals surface area (Å²) in [6, 6.07) is 5.14. The molecule has 0 bridgehead atoms. The number of hydrogen-bond acceptors (Lipinski definition) is 11. The van der Waals surface area contributed by atoms with E-state index in [4.69, 9.17) is 22.9 Å². The van der Waals surface area contributed by atoms with Crippen molar-refractivity contribution in [1.29, 1.82) is 0 Å². The quantitative estimate of drug-likeness (QED) is 0.368. The molecule has 2 saturated heterocycles. The minimum atomic E-state index is -4.74. The van der Waals surface area contributed by atoms with Crippen molar-refractivity contribution >= 4 is 17.8 Å². The summed E-state index contributed by atoms with van der Waals surface area (Å²) in [5, 5.41) is 3.13. The van der Waals surface area contributed by atoms with Gasteiger partial charge in [0, 0.05) is 56.9 Å². The Kier molecular flexibility index (Phi) is 7.44. The van der Waals surface area contributed by atoms with Crippen molar-refractivity contribution in [2.45, 2.75) is 49.9 Å². The lowest BCUT2D eigenvalue weighted by atomic mass is 10.0. The first kappa shape index (κ1) is 25.2. The Morgan fingerprint density at radius 2 is 1.26 bits per heavy atom. The molecule has 35 heavy (non-hydrogen) atoms. The number of aromatic nitrogens is 3. The van der Waals surface area contributed by atoms with Crippen LogP contribution < -0.4 is 42.8 Å². The van der Waals surface area contributed by atoms with Crippen LogP contribution in [0.3, 0.4) is 0 Å². The third kappa shape index (κ3) is 7.04. The van der Waals surface area contributed by atoms with E-state index in [1.807, 2.05) is 9.80 Å². The van der Waals surface area contributed by atoms with Crippen molar-refractivity contribution in [1.82, 2.24) is 15.0 Å². The summed E-state index contributed by atoms with van der Waals surface area (Å²) in [6.45, 7) is 2.48. The Morgan fingerprint density at radius 3 is 1.69 bits per heavy atom. The molecule has 4 rings (SSSR count). The predicted octanol–water partition coefficient (Wildman–Crippen LogP) is 0.112. The van der Waals surface area contributed by atoms with Crippen LogP contribution in [-0.2, 0) is 6.54 Å². The molecule has 2 fully saturated rings. The second-order valence-corrected chi connectivity index (χ2v) is 9.13. The number of piperidine rings is 2. The highest BCUT2D eigenvalue weighted by Crippen LogP contribution is 2.24. The molecular weight excluding hydrogens is 465 g/mol. The van der Waals surface area contributed by atoms with E-state index in [1.165, 1.54) is 24.3 Å². The molecule has 1 aromatic carbocycles. The van der Waals surface area contributed by atoms with Gasteiger partial charge in [-0.25, -0.2) is 0 Å². The average Bonchev–Trinajstić information content (AvgIpc) is 2.76. The number of ether oxygens (including phenoxy) is 1. The minimum Gasteiger partial charge on any atom is -0.406 e. The van der Waals surface area contributed by atoms with E-state index in [9.17, 15) is 13.2 Å². The van der Waals surface area contributed by atoms with E-state index in [1.54, 1.807) is 0 Å². The molecule has 0 amide bonds. The Hall–Kier alpha value is -2.94. The average molecular weight is 497 g/mol. The minimum absolute atomic E-state index is 0.107. The number of nitrogens with two attached hydrogens (primary N) is 4. The lowest BCUT2D eigenvalue weighted by Gasteiger charge is -2.37. The fourth-order valence-electron chi connectivity index (χ4n) is 4.39. The Morgan fingerprint density at radius 1 is 0.800 bits per heavy atom. The van der Waals surface area contributed by atoms with E-state index in [2.05, 4.69) is 25.0 Å². The summed E-state index contributed by atoms with van der Waals surface area (Å²) in [5.74, 6) is 0.886. The third-order valence-electron chi connectivity index (χ3n) is 5.82. The van der Waals surface area contributed by atoms with Gasteiger partial charge in [0.2, 0.25) is 17.8 Å². The maximum absolute atomic E-state index is 12.4. The van der Waals surface area contributed by atoms with Crippen LogP contribution in [0.15, 0.2) is 24.3 Å². The van der Waals surface area contributed by atoms with E-state index in [0.717, 1.165) is 0 Å². The smallest absolute Gasteiger partial charge is 0.406 e. The number of benzene rings is 1. The molecule has 0 spiro atoms. The lowest BCUT2D eigenvalue weighted by molar-refractivity contribution is -0.274. The van der Waals surface area contributed by atoms with E-state index in [-0.39, 0.29) is 36.5 Å². The van der Waals surface area contributed by atoms with Crippen LogP contribution in [0.25, 0.3) is 0 Å². The fourth-order valence-corrected chi connectivity index (χ4v) is 4.39. The van der Waals surface area contributed by atoms with Crippen LogP contribution in [-0.4, -0.2) is 71.7 Å². The van der Waals surface area contributed by atoms with Crippen LogP contribution in [0.5, 0.6) is 5.75 Å². The molecule has 0 unspecified atom stereocenters. The molecule has 2 aliphatic rings. The summed E-state index contributed by atoms with van der Waals surface area (Å²) in [7, 11) is 0. The Balaban J connectivity index is 1.54. The standard InChI is InChI=1S/C21H31F3N10O/c22-21(23,24)35-17-3-1-12(2-4-17)7-29-18-30-19(33-8-13(25)5-14(26)9-33)32-20(31-18)34-10-15(27)6-16(28)11-34/h1-4,13-16H,5-11,25-28H2,(H,29,30,31,32)/t13-,14+,15-,16+. The van der Waals surface area contributed by atoms with Gasteiger partial charge >= 0.3 is 6.36 Å². The molecule has 9 N–H and O–H groups in total. The Labute approximate surface area is 201 Å². The first-order chi connectivity index (χ1) is 16.5. The second kappa shape index (κ2) is 10.4. The van der Waals surface area contributed by atoms with Crippen LogP contribution in [0, 0.1) is 0 Å². The number of nitrogens with one attached hydrogen (secondary N) is 1. The van der Waals surface area contributed by atoms with Gasteiger partial charge < -0.3 is 42.8 Å². The third-order valence-corrected chi connectivity index (χ3v) is 5.82. The highest BCUT2D eigenvalue weighted by atomic mass is 19.4. The molecule has 0 aliphatic carbocycles. The first-order valence-corrected chi connectivity index (χ1v) is 11.4. The highest BCUT2D eigenvalue weighted by Gasteiger charge is 2.31. The van der Waals surface area contributed by atoms with E-state index >= 15 is 0 Å². The largest absolute Gasteiger partial charge is 0.573 e. The van der Waals surface area contributed by atoms with Gasteiger partial charge in [0.1, 0.15) is 5.75 Å². The van der Waals surface area contributed by atoms with Crippen LogP contribution in [0.1, 0.15) is 18.4 Å². The monoisotopic (exact) mass is 496 g/mol. The van der Waals surface area contributed by atoms with Crippen molar-refractivity contribution in [2.24, 2.45) is 22.9 Å². The molecule has 0 radical (unpaired) electrons. The summed E-state index contributed by atoms with van der Waals surface area (Å²) < 4.78 is 41.1. The van der Waals surface area contributed by atoms with Crippen LogP contribution in [0.4, 0.5) is 31.0 Å². The number of halogens is 3. The normalized spacial score (nSPS) is 25.5. The molecule has 14 heteroatoms. The summed E-state index contributed by atoms with van der Waals surface area (Å²) in [4.78, 5) is 17.6. The summed E-state index contributed by atoms with van der Waals surface area (Å²) >= 11 is 0. The highest BCUT2D eigenvalue weighted by molar-refractivity contribution is 5.47. The number of anilines is 3. The molecule has 0 saturated carbocycles. The van der Waals surface area contributed by atoms with Crippen LogP contribution >= 0.6 is 0 Å². The molecular formula is C21H31F3N10O.